The van der Waals surface area contributed by atoms with E-state index < -0.39 is 0 Å². The number of nitrogens with two attached hydrogens (primary N) is 1. The Hall–Kier alpha value is -1.65. The maximum Gasteiger partial charge on any atom is 0.0767 e. The molecule has 0 amide bonds. The molecule has 1 fully saturated rings. The quantitative estimate of drug-likeness (QED) is 0.852. The lowest BCUT2D eigenvalue weighted by Crippen LogP contribution is -2.47. The summed E-state index contributed by atoms with van der Waals surface area (Å²) in [6.07, 6.45) is 1.83. The largest absolute Gasteiger partial charge is 0.398 e. The summed E-state index contributed by atoms with van der Waals surface area (Å²) in [5.41, 5.74) is 8.98. The first-order valence-electron chi connectivity index (χ1n) is 7.04. The van der Waals surface area contributed by atoms with E-state index in [0.717, 1.165) is 42.8 Å². The van der Waals surface area contributed by atoms with Crippen LogP contribution in [-0.4, -0.2) is 35.2 Å². The molecule has 1 aliphatic rings. The molecule has 2 heterocycles. The van der Waals surface area contributed by atoms with Gasteiger partial charge in [-0.2, -0.15) is 0 Å². The standard InChI is InChI=1S/C16H21N3O/c1-16(2)11-19(8-9-20-16)10-12-5-6-14(17)13-4-3-7-18-15(12)13/h3-7H,8-11,17H2,1-2H3. The van der Waals surface area contributed by atoms with Crippen molar-refractivity contribution in [1.82, 2.24) is 9.88 Å². The molecule has 1 aromatic heterocycles. The molecule has 4 heteroatoms. The number of rotatable bonds is 2. The third-order valence-corrected chi connectivity index (χ3v) is 3.79. The average molecular weight is 271 g/mol. The average Bonchev–Trinajstić information content (AvgIpc) is 2.41. The maximum absolute atomic E-state index is 6.03. The predicted octanol–water partition coefficient (Wildman–Crippen LogP) is 2.43. The summed E-state index contributed by atoms with van der Waals surface area (Å²) in [4.78, 5) is 6.93. The number of morpholine rings is 1. The van der Waals surface area contributed by atoms with Crippen LogP contribution in [0.4, 0.5) is 5.69 Å². The molecule has 1 aliphatic heterocycles. The molecule has 2 N–H and O–H groups in total. The fourth-order valence-electron chi connectivity index (χ4n) is 2.87. The molecule has 1 aromatic carbocycles. The normalized spacial score (nSPS) is 19.3. The first-order valence-corrected chi connectivity index (χ1v) is 7.04. The minimum atomic E-state index is -0.0741. The molecule has 1 saturated heterocycles. The van der Waals surface area contributed by atoms with Crippen molar-refractivity contribution >= 4 is 16.6 Å². The van der Waals surface area contributed by atoms with Crippen LogP contribution < -0.4 is 5.73 Å². The fourth-order valence-corrected chi connectivity index (χ4v) is 2.87. The van der Waals surface area contributed by atoms with Crippen molar-refractivity contribution in [3.05, 3.63) is 36.0 Å². The summed E-state index contributed by atoms with van der Waals surface area (Å²) in [5.74, 6) is 0. The number of pyridine rings is 1. The van der Waals surface area contributed by atoms with Gasteiger partial charge in [-0.05, 0) is 37.6 Å². The highest BCUT2D eigenvalue weighted by atomic mass is 16.5. The molecule has 0 unspecified atom stereocenters. The van der Waals surface area contributed by atoms with Crippen LogP contribution in [0.1, 0.15) is 19.4 Å². The summed E-state index contributed by atoms with van der Waals surface area (Å²) < 4.78 is 5.76. The minimum absolute atomic E-state index is 0.0741. The van der Waals surface area contributed by atoms with Gasteiger partial charge >= 0.3 is 0 Å². The highest BCUT2D eigenvalue weighted by Gasteiger charge is 2.27. The van der Waals surface area contributed by atoms with Crippen LogP contribution in [0.25, 0.3) is 10.9 Å². The monoisotopic (exact) mass is 271 g/mol. The Kier molecular flexibility index (Phi) is 3.36. The Labute approximate surface area is 119 Å². The van der Waals surface area contributed by atoms with Gasteiger partial charge in [-0.15, -0.1) is 0 Å². The first kappa shape index (κ1) is 13.3. The molecular formula is C16H21N3O. The molecule has 0 bridgehead atoms. The number of ether oxygens (including phenoxy) is 1. The molecule has 4 nitrogen and oxygen atoms in total. The van der Waals surface area contributed by atoms with E-state index in [1.807, 2.05) is 24.4 Å². The Balaban J connectivity index is 1.90. The molecule has 3 rings (SSSR count). The summed E-state index contributed by atoms with van der Waals surface area (Å²) >= 11 is 0. The third kappa shape index (κ3) is 2.62. The van der Waals surface area contributed by atoms with Crippen LogP contribution in [0.5, 0.6) is 0 Å². The molecule has 106 valence electrons. The van der Waals surface area contributed by atoms with Gasteiger partial charge in [-0.25, -0.2) is 0 Å². The van der Waals surface area contributed by atoms with Gasteiger partial charge in [-0.3, -0.25) is 9.88 Å². The number of hydrogen-bond donors (Lipinski definition) is 1. The second-order valence-electron chi connectivity index (χ2n) is 6.03. The molecule has 0 aliphatic carbocycles. The van der Waals surface area contributed by atoms with Crippen LogP contribution >= 0.6 is 0 Å². The highest BCUT2D eigenvalue weighted by Crippen LogP contribution is 2.25. The van der Waals surface area contributed by atoms with Crippen LogP contribution in [0.15, 0.2) is 30.5 Å². The SMILES string of the molecule is CC1(C)CN(Cc2ccc(N)c3cccnc23)CCO1. The van der Waals surface area contributed by atoms with Crippen molar-refractivity contribution in [2.24, 2.45) is 0 Å². The Morgan fingerprint density at radius 1 is 1.35 bits per heavy atom. The molecular weight excluding hydrogens is 250 g/mol. The molecule has 0 atom stereocenters. The molecule has 0 spiro atoms. The summed E-state index contributed by atoms with van der Waals surface area (Å²) in [6, 6.07) is 8.03. The Morgan fingerprint density at radius 3 is 3.00 bits per heavy atom. The van der Waals surface area contributed by atoms with Crippen molar-refractivity contribution in [3.8, 4) is 0 Å². The van der Waals surface area contributed by atoms with Crippen molar-refractivity contribution < 1.29 is 4.74 Å². The number of nitrogen functional groups attached to an aromatic ring is 1. The van der Waals surface area contributed by atoms with Gasteiger partial charge in [0.15, 0.2) is 0 Å². The number of benzene rings is 1. The van der Waals surface area contributed by atoms with Crippen molar-refractivity contribution in [2.75, 3.05) is 25.4 Å². The minimum Gasteiger partial charge on any atom is -0.398 e. The van der Waals surface area contributed by atoms with Gasteiger partial charge < -0.3 is 10.5 Å². The van der Waals surface area contributed by atoms with Gasteiger partial charge in [0.05, 0.1) is 17.7 Å². The summed E-state index contributed by atoms with van der Waals surface area (Å²) in [6.45, 7) is 7.85. The van der Waals surface area contributed by atoms with E-state index in [0.29, 0.717) is 0 Å². The Morgan fingerprint density at radius 2 is 2.20 bits per heavy atom. The van der Waals surface area contributed by atoms with Crippen molar-refractivity contribution in [3.63, 3.8) is 0 Å². The van der Waals surface area contributed by atoms with Crippen LogP contribution in [0.2, 0.25) is 0 Å². The zero-order valence-electron chi connectivity index (χ0n) is 12.1. The van der Waals surface area contributed by atoms with Gasteiger partial charge in [0.1, 0.15) is 0 Å². The lowest BCUT2D eigenvalue weighted by atomic mass is 10.0. The number of anilines is 1. The van der Waals surface area contributed by atoms with Crippen LogP contribution in [0, 0.1) is 0 Å². The third-order valence-electron chi connectivity index (χ3n) is 3.79. The smallest absolute Gasteiger partial charge is 0.0767 e. The lowest BCUT2D eigenvalue weighted by Gasteiger charge is -2.38. The summed E-state index contributed by atoms with van der Waals surface area (Å²) in [5, 5.41) is 1.04. The van der Waals surface area contributed by atoms with Crippen molar-refractivity contribution in [1.29, 1.82) is 0 Å². The topological polar surface area (TPSA) is 51.4 Å². The van der Waals surface area contributed by atoms with Gasteiger partial charge in [0.25, 0.3) is 0 Å². The second-order valence-corrected chi connectivity index (χ2v) is 6.03. The van der Waals surface area contributed by atoms with Gasteiger partial charge in [-0.1, -0.05) is 6.07 Å². The molecule has 20 heavy (non-hydrogen) atoms. The van der Waals surface area contributed by atoms with Crippen LogP contribution in [0.3, 0.4) is 0 Å². The van der Waals surface area contributed by atoms with E-state index in [4.69, 9.17) is 10.5 Å². The first-order chi connectivity index (χ1) is 9.55. The number of nitrogens with zero attached hydrogens (tertiary/aromatic N) is 2. The lowest BCUT2D eigenvalue weighted by molar-refractivity contribution is -0.0881. The van der Waals surface area contributed by atoms with Crippen molar-refractivity contribution in [2.45, 2.75) is 26.0 Å². The van der Waals surface area contributed by atoms with Gasteiger partial charge in [0.2, 0.25) is 0 Å². The van der Waals surface area contributed by atoms with E-state index in [9.17, 15) is 0 Å². The van der Waals surface area contributed by atoms with E-state index >= 15 is 0 Å². The van der Waals surface area contributed by atoms with Crippen LogP contribution in [-0.2, 0) is 11.3 Å². The van der Waals surface area contributed by atoms with E-state index in [-0.39, 0.29) is 5.60 Å². The predicted molar refractivity (Wildman–Crippen MR) is 81.5 cm³/mol. The zero-order valence-corrected chi connectivity index (χ0v) is 12.1. The van der Waals surface area contributed by atoms with E-state index in [2.05, 4.69) is 29.8 Å². The molecule has 0 radical (unpaired) electrons. The summed E-state index contributed by atoms with van der Waals surface area (Å²) in [7, 11) is 0. The van der Waals surface area contributed by atoms with E-state index in [1.54, 1.807) is 0 Å². The maximum atomic E-state index is 6.03. The fraction of sp³-hybridized carbons (Fsp3) is 0.438. The number of aromatic nitrogens is 1. The highest BCUT2D eigenvalue weighted by molar-refractivity contribution is 5.92. The zero-order chi connectivity index (χ0) is 14.2. The molecule has 0 saturated carbocycles. The number of hydrogen-bond acceptors (Lipinski definition) is 4. The second kappa shape index (κ2) is 5.04. The molecule has 2 aromatic rings. The van der Waals surface area contributed by atoms with E-state index in [1.165, 1.54) is 5.56 Å². The van der Waals surface area contributed by atoms with Gasteiger partial charge in [0, 0.05) is 36.9 Å². The number of fused-ring (bicyclic) bond motifs is 1. The Bertz CT molecular complexity index is 624.